The second-order valence-electron chi connectivity index (χ2n) is 5.26. The highest BCUT2D eigenvalue weighted by Gasteiger charge is 2.13. The fourth-order valence-electron chi connectivity index (χ4n) is 1.59. The third-order valence-electron chi connectivity index (χ3n) is 3.16. The maximum Gasteiger partial charge on any atom is 0.0312 e. The molecule has 0 spiro atoms. The van der Waals surface area contributed by atoms with Gasteiger partial charge in [0.05, 0.1) is 0 Å². The molecule has 96 valence electrons. The lowest BCUT2D eigenvalue weighted by molar-refractivity contribution is 0.293. The number of pyridine rings is 1. The molecule has 0 saturated carbocycles. The molecule has 1 aromatic heterocycles. The third-order valence-corrected chi connectivity index (χ3v) is 3.16. The van der Waals surface area contributed by atoms with E-state index in [2.05, 4.69) is 49.1 Å². The number of likely N-dealkylation sites (N-methyl/N-ethyl adjacent to an activating group) is 1. The Bertz CT molecular complexity index is 309. The maximum absolute atomic E-state index is 4.13. The van der Waals surface area contributed by atoms with Gasteiger partial charge in [0.2, 0.25) is 0 Å². The van der Waals surface area contributed by atoms with Gasteiger partial charge in [0, 0.05) is 37.6 Å². The van der Waals surface area contributed by atoms with E-state index < -0.39 is 0 Å². The van der Waals surface area contributed by atoms with Crippen molar-refractivity contribution < 1.29 is 0 Å². The Hall–Kier alpha value is -0.930. The first-order valence-corrected chi connectivity index (χ1v) is 6.36. The van der Waals surface area contributed by atoms with Crippen molar-refractivity contribution in [2.45, 2.75) is 39.3 Å². The molecule has 0 fully saturated rings. The predicted octanol–water partition coefficient (Wildman–Crippen LogP) is 2.29. The zero-order chi connectivity index (χ0) is 12.7. The van der Waals surface area contributed by atoms with Crippen LogP contribution in [0.5, 0.6) is 0 Å². The molecule has 17 heavy (non-hydrogen) atoms. The van der Waals surface area contributed by atoms with Gasteiger partial charge in [-0.1, -0.05) is 13.0 Å². The van der Waals surface area contributed by atoms with Crippen LogP contribution < -0.4 is 5.32 Å². The molecule has 1 aromatic rings. The van der Waals surface area contributed by atoms with E-state index in [-0.39, 0.29) is 5.54 Å². The van der Waals surface area contributed by atoms with E-state index in [0.717, 1.165) is 26.1 Å². The Labute approximate surface area is 105 Å². The normalized spacial score (nSPS) is 12.1. The summed E-state index contributed by atoms with van der Waals surface area (Å²) in [5, 5.41) is 3.57. The van der Waals surface area contributed by atoms with Crippen LogP contribution in [0.4, 0.5) is 0 Å². The largest absolute Gasteiger partial charge is 0.311 e. The molecule has 0 aliphatic rings. The molecule has 0 aliphatic heterocycles. The van der Waals surface area contributed by atoms with E-state index in [9.17, 15) is 0 Å². The number of rotatable bonds is 7. The minimum absolute atomic E-state index is 0.245. The Morgan fingerprint density at radius 2 is 2.18 bits per heavy atom. The van der Waals surface area contributed by atoms with E-state index in [1.165, 1.54) is 5.56 Å². The lowest BCUT2D eigenvalue weighted by Crippen LogP contribution is -2.42. The van der Waals surface area contributed by atoms with Crippen LogP contribution in [0, 0.1) is 0 Å². The van der Waals surface area contributed by atoms with Crippen molar-refractivity contribution in [1.82, 2.24) is 15.2 Å². The van der Waals surface area contributed by atoms with Crippen LogP contribution in [-0.4, -0.2) is 35.6 Å². The highest BCUT2D eigenvalue weighted by Crippen LogP contribution is 2.06. The first-order chi connectivity index (χ1) is 8.03. The molecular formula is C14H25N3. The summed E-state index contributed by atoms with van der Waals surface area (Å²) in [5.74, 6) is 0. The molecule has 3 heteroatoms. The van der Waals surface area contributed by atoms with Gasteiger partial charge in [0.1, 0.15) is 0 Å². The van der Waals surface area contributed by atoms with Crippen molar-refractivity contribution in [2.75, 3.05) is 20.1 Å². The van der Waals surface area contributed by atoms with Crippen molar-refractivity contribution >= 4 is 0 Å². The van der Waals surface area contributed by atoms with Gasteiger partial charge in [-0.05, 0) is 38.9 Å². The zero-order valence-corrected chi connectivity index (χ0v) is 11.5. The lowest BCUT2D eigenvalue weighted by Gasteiger charge is -2.26. The van der Waals surface area contributed by atoms with Crippen molar-refractivity contribution in [3.8, 4) is 0 Å². The van der Waals surface area contributed by atoms with Crippen molar-refractivity contribution in [3.05, 3.63) is 30.1 Å². The molecule has 0 amide bonds. The Kier molecular flexibility index (Phi) is 5.59. The van der Waals surface area contributed by atoms with Crippen LogP contribution >= 0.6 is 0 Å². The summed E-state index contributed by atoms with van der Waals surface area (Å²) in [6.07, 6.45) is 4.90. The van der Waals surface area contributed by atoms with Crippen LogP contribution in [0.1, 0.15) is 32.8 Å². The standard InChI is InChI=1S/C14H25N3/c1-5-14(2,3)16-9-10-17(4)12-13-7-6-8-15-11-13/h6-8,11,16H,5,9-10,12H2,1-4H3. The molecule has 1 N–H and O–H groups in total. The first kappa shape index (κ1) is 14.1. The maximum atomic E-state index is 4.13. The Balaban J connectivity index is 2.24. The minimum Gasteiger partial charge on any atom is -0.311 e. The molecular weight excluding hydrogens is 210 g/mol. The fraction of sp³-hybridized carbons (Fsp3) is 0.643. The highest BCUT2D eigenvalue weighted by atomic mass is 15.1. The van der Waals surface area contributed by atoms with Crippen molar-refractivity contribution in [1.29, 1.82) is 0 Å². The van der Waals surface area contributed by atoms with Crippen LogP contribution in [0.3, 0.4) is 0 Å². The quantitative estimate of drug-likeness (QED) is 0.786. The van der Waals surface area contributed by atoms with Gasteiger partial charge < -0.3 is 10.2 Å². The fourth-order valence-corrected chi connectivity index (χ4v) is 1.59. The summed E-state index contributed by atoms with van der Waals surface area (Å²) >= 11 is 0. The number of aromatic nitrogens is 1. The second kappa shape index (κ2) is 6.72. The summed E-state index contributed by atoms with van der Waals surface area (Å²) in [6, 6.07) is 4.11. The smallest absolute Gasteiger partial charge is 0.0312 e. The van der Waals surface area contributed by atoms with Crippen LogP contribution in [0.25, 0.3) is 0 Å². The van der Waals surface area contributed by atoms with Crippen molar-refractivity contribution in [2.24, 2.45) is 0 Å². The highest BCUT2D eigenvalue weighted by molar-refractivity contribution is 5.07. The predicted molar refractivity (Wildman–Crippen MR) is 72.9 cm³/mol. The number of hydrogen-bond acceptors (Lipinski definition) is 3. The van der Waals surface area contributed by atoms with Gasteiger partial charge in [-0.2, -0.15) is 0 Å². The average molecular weight is 235 g/mol. The monoisotopic (exact) mass is 235 g/mol. The van der Waals surface area contributed by atoms with E-state index in [1.807, 2.05) is 18.5 Å². The van der Waals surface area contributed by atoms with E-state index in [1.54, 1.807) is 0 Å². The van der Waals surface area contributed by atoms with Gasteiger partial charge in [-0.3, -0.25) is 4.98 Å². The van der Waals surface area contributed by atoms with Gasteiger partial charge in [0.15, 0.2) is 0 Å². The van der Waals surface area contributed by atoms with Gasteiger partial charge >= 0.3 is 0 Å². The van der Waals surface area contributed by atoms with Gasteiger partial charge in [-0.25, -0.2) is 0 Å². The van der Waals surface area contributed by atoms with Crippen LogP contribution in [-0.2, 0) is 6.54 Å². The summed E-state index contributed by atoms with van der Waals surface area (Å²) in [5.41, 5.74) is 1.51. The summed E-state index contributed by atoms with van der Waals surface area (Å²) in [7, 11) is 2.15. The van der Waals surface area contributed by atoms with E-state index in [4.69, 9.17) is 0 Å². The molecule has 1 heterocycles. The summed E-state index contributed by atoms with van der Waals surface area (Å²) in [6.45, 7) is 9.74. The molecule has 0 radical (unpaired) electrons. The van der Waals surface area contributed by atoms with Crippen molar-refractivity contribution in [3.63, 3.8) is 0 Å². The molecule has 0 aliphatic carbocycles. The Morgan fingerprint density at radius 3 is 2.76 bits per heavy atom. The Morgan fingerprint density at radius 1 is 1.41 bits per heavy atom. The molecule has 0 saturated heterocycles. The van der Waals surface area contributed by atoms with E-state index >= 15 is 0 Å². The third kappa shape index (κ3) is 5.80. The number of nitrogens with zero attached hydrogens (tertiary/aromatic N) is 2. The first-order valence-electron chi connectivity index (χ1n) is 6.36. The zero-order valence-electron chi connectivity index (χ0n) is 11.5. The molecule has 0 aromatic carbocycles. The number of hydrogen-bond donors (Lipinski definition) is 1. The topological polar surface area (TPSA) is 28.2 Å². The molecule has 1 rings (SSSR count). The molecule has 0 unspecified atom stereocenters. The molecule has 3 nitrogen and oxygen atoms in total. The van der Waals surface area contributed by atoms with E-state index in [0.29, 0.717) is 0 Å². The van der Waals surface area contributed by atoms with Gasteiger partial charge in [-0.15, -0.1) is 0 Å². The average Bonchev–Trinajstić information content (AvgIpc) is 2.30. The second-order valence-corrected chi connectivity index (χ2v) is 5.26. The summed E-state index contributed by atoms with van der Waals surface area (Å²) < 4.78 is 0. The van der Waals surface area contributed by atoms with Crippen LogP contribution in [0.15, 0.2) is 24.5 Å². The number of nitrogens with one attached hydrogen (secondary N) is 1. The van der Waals surface area contributed by atoms with Crippen LogP contribution in [0.2, 0.25) is 0 Å². The summed E-state index contributed by atoms with van der Waals surface area (Å²) in [4.78, 5) is 6.44. The SMILES string of the molecule is CCC(C)(C)NCCN(C)Cc1cccnc1. The minimum atomic E-state index is 0.245. The van der Waals surface area contributed by atoms with Gasteiger partial charge in [0.25, 0.3) is 0 Å². The molecule has 0 bridgehead atoms. The molecule has 0 atom stereocenters. The lowest BCUT2D eigenvalue weighted by atomic mass is 10.0.